The van der Waals surface area contributed by atoms with Crippen LogP contribution in [0.4, 0.5) is 4.79 Å². The maximum absolute atomic E-state index is 12.3. The van der Waals surface area contributed by atoms with Crippen molar-refractivity contribution in [2.75, 3.05) is 13.6 Å². The highest BCUT2D eigenvalue weighted by atomic mass is 32.1. The number of benzene rings is 1. The second-order valence-corrected chi connectivity index (χ2v) is 6.84. The zero-order valence-corrected chi connectivity index (χ0v) is 13.9. The second kappa shape index (κ2) is 6.95. The van der Waals surface area contributed by atoms with Crippen LogP contribution in [-0.4, -0.2) is 41.5 Å². The third-order valence-corrected chi connectivity index (χ3v) is 4.91. The minimum Gasteiger partial charge on any atom is -0.354 e. The molecular formula is C16H20N4O2S. The molecule has 3 amide bonds. The number of rotatable bonds is 3. The molecule has 2 heterocycles. The Hall–Kier alpha value is -2.15. The predicted molar refractivity (Wildman–Crippen MR) is 90.3 cm³/mol. The second-order valence-electron chi connectivity index (χ2n) is 5.72. The van der Waals surface area contributed by atoms with Gasteiger partial charge in [0, 0.05) is 13.6 Å². The zero-order valence-electron chi connectivity index (χ0n) is 13.0. The Bertz CT molecular complexity index is 682. The predicted octanol–water partition coefficient (Wildman–Crippen LogP) is 2.11. The molecule has 0 saturated carbocycles. The normalized spacial score (nSPS) is 18.3. The Morgan fingerprint density at radius 1 is 1.43 bits per heavy atom. The van der Waals surface area contributed by atoms with Crippen LogP contribution in [0.15, 0.2) is 24.3 Å². The molecule has 3 rings (SSSR count). The van der Waals surface area contributed by atoms with E-state index in [9.17, 15) is 9.59 Å². The van der Waals surface area contributed by atoms with Crippen molar-refractivity contribution in [2.24, 2.45) is 0 Å². The smallest absolute Gasteiger partial charge is 0.318 e. The van der Waals surface area contributed by atoms with E-state index < -0.39 is 6.04 Å². The molecule has 0 aliphatic carbocycles. The minimum atomic E-state index is -0.442. The van der Waals surface area contributed by atoms with Gasteiger partial charge >= 0.3 is 6.03 Å². The van der Waals surface area contributed by atoms with Gasteiger partial charge in [-0.05, 0) is 31.4 Å². The molecule has 122 valence electrons. The van der Waals surface area contributed by atoms with E-state index in [0.29, 0.717) is 19.5 Å². The molecular weight excluding hydrogens is 312 g/mol. The molecule has 0 spiro atoms. The molecule has 1 fully saturated rings. The van der Waals surface area contributed by atoms with Crippen molar-refractivity contribution >= 4 is 33.5 Å². The Labute approximate surface area is 138 Å². The van der Waals surface area contributed by atoms with Crippen molar-refractivity contribution in [1.82, 2.24) is 20.5 Å². The number of amides is 3. The zero-order chi connectivity index (χ0) is 16.2. The van der Waals surface area contributed by atoms with Crippen LogP contribution in [0.25, 0.3) is 10.2 Å². The molecule has 7 heteroatoms. The van der Waals surface area contributed by atoms with Crippen LogP contribution < -0.4 is 10.6 Å². The molecule has 23 heavy (non-hydrogen) atoms. The number of aromatic nitrogens is 1. The van der Waals surface area contributed by atoms with Gasteiger partial charge in [0.05, 0.1) is 16.8 Å². The first-order valence-electron chi connectivity index (χ1n) is 7.77. The van der Waals surface area contributed by atoms with E-state index in [0.717, 1.165) is 28.1 Å². The molecule has 2 aromatic rings. The van der Waals surface area contributed by atoms with Gasteiger partial charge in [0.2, 0.25) is 5.91 Å². The standard InChI is InChI=1S/C16H20N4O2S/c1-20(10-14-18-11-6-2-3-8-13(11)23-14)16(22)19-12-7-4-5-9-17-15(12)21/h2-3,6,8,12H,4-5,7,9-10H2,1H3,(H,17,21)(H,19,22)/t12-/m1/s1. The van der Waals surface area contributed by atoms with E-state index in [4.69, 9.17) is 0 Å². The fraction of sp³-hybridized carbons (Fsp3) is 0.438. The van der Waals surface area contributed by atoms with Gasteiger partial charge in [-0.25, -0.2) is 9.78 Å². The highest BCUT2D eigenvalue weighted by Gasteiger charge is 2.24. The Balaban J connectivity index is 1.61. The first kappa shape index (κ1) is 15.7. The maximum atomic E-state index is 12.3. The van der Waals surface area contributed by atoms with Gasteiger partial charge in [-0.3, -0.25) is 4.79 Å². The lowest BCUT2D eigenvalue weighted by molar-refractivity contribution is -0.122. The van der Waals surface area contributed by atoms with Crippen LogP contribution in [0, 0.1) is 0 Å². The molecule has 0 radical (unpaired) electrons. The van der Waals surface area contributed by atoms with Gasteiger partial charge in [-0.1, -0.05) is 12.1 Å². The van der Waals surface area contributed by atoms with Gasteiger partial charge in [0.15, 0.2) is 0 Å². The lowest BCUT2D eigenvalue weighted by Gasteiger charge is -2.21. The number of hydrogen-bond donors (Lipinski definition) is 2. The molecule has 1 aliphatic heterocycles. The summed E-state index contributed by atoms with van der Waals surface area (Å²) in [7, 11) is 1.72. The number of carbonyl (C=O) groups excluding carboxylic acids is 2. The summed E-state index contributed by atoms with van der Waals surface area (Å²) in [6.07, 6.45) is 2.58. The SMILES string of the molecule is CN(Cc1nc2ccccc2s1)C(=O)N[C@@H]1CCCCNC1=O. The van der Waals surface area contributed by atoms with E-state index in [1.807, 2.05) is 24.3 Å². The monoisotopic (exact) mass is 332 g/mol. The van der Waals surface area contributed by atoms with Crippen LogP contribution in [-0.2, 0) is 11.3 Å². The van der Waals surface area contributed by atoms with E-state index in [1.54, 1.807) is 23.3 Å². The quantitative estimate of drug-likeness (QED) is 0.904. The van der Waals surface area contributed by atoms with Crippen LogP contribution >= 0.6 is 11.3 Å². The summed E-state index contributed by atoms with van der Waals surface area (Å²) in [5.41, 5.74) is 0.949. The van der Waals surface area contributed by atoms with Crippen molar-refractivity contribution in [2.45, 2.75) is 31.8 Å². The van der Waals surface area contributed by atoms with Gasteiger partial charge in [0.1, 0.15) is 11.0 Å². The van der Waals surface area contributed by atoms with E-state index in [-0.39, 0.29) is 11.9 Å². The number of para-hydroxylation sites is 1. The number of fused-ring (bicyclic) bond motifs is 1. The Kier molecular flexibility index (Phi) is 4.76. The number of thiazole rings is 1. The summed E-state index contributed by atoms with van der Waals surface area (Å²) in [4.78, 5) is 30.3. The first-order chi connectivity index (χ1) is 11.1. The van der Waals surface area contributed by atoms with Crippen LogP contribution in [0.5, 0.6) is 0 Å². The first-order valence-corrected chi connectivity index (χ1v) is 8.59. The van der Waals surface area contributed by atoms with Gasteiger partial charge in [-0.2, -0.15) is 0 Å². The number of urea groups is 1. The summed E-state index contributed by atoms with van der Waals surface area (Å²) < 4.78 is 1.11. The van der Waals surface area contributed by atoms with Crippen LogP contribution in [0.3, 0.4) is 0 Å². The molecule has 2 N–H and O–H groups in total. The molecule has 6 nitrogen and oxygen atoms in total. The third-order valence-electron chi connectivity index (χ3n) is 3.89. The minimum absolute atomic E-state index is 0.0933. The number of nitrogens with zero attached hydrogens (tertiary/aromatic N) is 2. The summed E-state index contributed by atoms with van der Waals surface area (Å²) in [6.45, 7) is 1.12. The molecule has 1 atom stereocenters. The lowest BCUT2D eigenvalue weighted by atomic mass is 10.1. The number of hydrogen-bond acceptors (Lipinski definition) is 4. The molecule has 1 saturated heterocycles. The largest absolute Gasteiger partial charge is 0.354 e. The Morgan fingerprint density at radius 3 is 3.09 bits per heavy atom. The van der Waals surface area contributed by atoms with Gasteiger partial charge in [0.25, 0.3) is 0 Å². The van der Waals surface area contributed by atoms with E-state index in [1.165, 1.54) is 0 Å². The molecule has 1 aromatic heterocycles. The Morgan fingerprint density at radius 2 is 2.26 bits per heavy atom. The average Bonchev–Trinajstić information content (AvgIpc) is 2.84. The highest BCUT2D eigenvalue weighted by molar-refractivity contribution is 7.18. The lowest BCUT2D eigenvalue weighted by Crippen LogP contribution is -2.49. The fourth-order valence-electron chi connectivity index (χ4n) is 2.60. The van der Waals surface area contributed by atoms with E-state index in [2.05, 4.69) is 15.6 Å². The van der Waals surface area contributed by atoms with Crippen molar-refractivity contribution < 1.29 is 9.59 Å². The van der Waals surface area contributed by atoms with Crippen LogP contribution in [0.1, 0.15) is 24.3 Å². The summed E-state index contributed by atoms with van der Waals surface area (Å²) >= 11 is 1.58. The van der Waals surface area contributed by atoms with Gasteiger partial charge < -0.3 is 15.5 Å². The van der Waals surface area contributed by atoms with Crippen molar-refractivity contribution in [3.05, 3.63) is 29.3 Å². The van der Waals surface area contributed by atoms with Gasteiger partial charge in [-0.15, -0.1) is 11.3 Å². The molecule has 1 aliphatic rings. The maximum Gasteiger partial charge on any atom is 0.318 e. The van der Waals surface area contributed by atoms with Crippen LogP contribution in [0.2, 0.25) is 0 Å². The topological polar surface area (TPSA) is 74.3 Å². The van der Waals surface area contributed by atoms with E-state index >= 15 is 0 Å². The van der Waals surface area contributed by atoms with Crippen molar-refractivity contribution in [3.8, 4) is 0 Å². The van der Waals surface area contributed by atoms with Crippen molar-refractivity contribution in [1.29, 1.82) is 0 Å². The average molecular weight is 332 g/mol. The summed E-state index contributed by atoms with van der Waals surface area (Å²) in [5.74, 6) is -0.0933. The summed E-state index contributed by atoms with van der Waals surface area (Å²) in [5, 5.41) is 6.52. The number of nitrogens with one attached hydrogen (secondary N) is 2. The fourth-order valence-corrected chi connectivity index (χ4v) is 3.62. The molecule has 1 aromatic carbocycles. The number of carbonyl (C=O) groups is 2. The summed E-state index contributed by atoms with van der Waals surface area (Å²) in [6, 6.07) is 7.23. The molecule has 0 bridgehead atoms. The third kappa shape index (κ3) is 3.79. The highest BCUT2D eigenvalue weighted by Crippen LogP contribution is 2.22. The van der Waals surface area contributed by atoms with Crippen molar-refractivity contribution in [3.63, 3.8) is 0 Å². The molecule has 0 unspecified atom stereocenters.